The lowest BCUT2D eigenvalue weighted by atomic mass is 10.1. The Morgan fingerprint density at radius 2 is 1.70 bits per heavy atom. The van der Waals surface area contributed by atoms with Crippen LogP contribution in [0.5, 0.6) is 5.75 Å². The lowest BCUT2D eigenvalue weighted by molar-refractivity contribution is -0.140. The van der Waals surface area contributed by atoms with E-state index in [9.17, 15) is 9.59 Å². The Labute approximate surface area is 190 Å². The number of aromatic nitrogens is 3. The van der Waals surface area contributed by atoms with Gasteiger partial charge < -0.3 is 23.8 Å². The van der Waals surface area contributed by atoms with Crippen molar-refractivity contribution >= 4 is 28.7 Å². The zero-order chi connectivity index (χ0) is 23.5. The van der Waals surface area contributed by atoms with E-state index in [0.717, 1.165) is 17.0 Å². The molecule has 2 heterocycles. The molecule has 0 atom stereocenters. The third-order valence-electron chi connectivity index (χ3n) is 5.20. The quantitative estimate of drug-likeness (QED) is 0.522. The monoisotopic (exact) mass is 452 g/mol. The van der Waals surface area contributed by atoms with Crippen LogP contribution in [0.3, 0.4) is 0 Å². The molecule has 0 fully saturated rings. The molecule has 172 valence electrons. The van der Waals surface area contributed by atoms with Crippen LogP contribution in [0.1, 0.15) is 12.5 Å². The summed E-state index contributed by atoms with van der Waals surface area (Å²) in [6.07, 6.45) is 0. The predicted octanol–water partition coefficient (Wildman–Crippen LogP) is 2.52. The molecule has 0 unspecified atom stereocenters. The van der Waals surface area contributed by atoms with E-state index in [1.165, 1.54) is 19.0 Å². The minimum atomic E-state index is -0.656. The van der Waals surface area contributed by atoms with Crippen LogP contribution >= 0.6 is 0 Å². The van der Waals surface area contributed by atoms with Gasteiger partial charge in [-0.3, -0.25) is 0 Å². The van der Waals surface area contributed by atoms with Crippen LogP contribution in [0.25, 0.3) is 16.7 Å². The zero-order valence-corrected chi connectivity index (χ0v) is 18.8. The van der Waals surface area contributed by atoms with Crippen molar-refractivity contribution in [2.24, 2.45) is 0 Å². The maximum Gasteiger partial charge on any atom is 0.355 e. The summed E-state index contributed by atoms with van der Waals surface area (Å²) < 4.78 is 20.8. The normalized spacial score (nSPS) is 13.9. The number of carbonyl (C=O) groups excluding carboxylic acids is 2. The molecule has 1 aromatic heterocycles. The van der Waals surface area contributed by atoms with Gasteiger partial charge >= 0.3 is 11.9 Å². The summed E-state index contributed by atoms with van der Waals surface area (Å²) >= 11 is 0. The first-order valence-electron chi connectivity index (χ1n) is 10.3. The highest BCUT2D eigenvalue weighted by Gasteiger charge is 2.33. The average Bonchev–Trinajstić information content (AvgIpc) is 3.25. The molecule has 0 radical (unpaired) electrons. The molecule has 33 heavy (non-hydrogen) atoms. The molecule has 0 saturated heterocycles. The van der Waals surface area contributed by atoms with E-state index in [4.69, 9.17) is 18.9 Å². The molecule has 1 aliphatic heterocycles. The molecule has 2 aromatic carbocycles. The number of ether oxygens (including phenoxy) is 4. The second-order valence-electron chi connectivity index (χ2n) is 7.26. The molecule has 0 amide bonds. The molecule has 10 heteroatoms. The molecule has 0 spiro atoms. The van der Waals surface area contributed by atoms with Gasteiger partial charge in [-0.25, -0.2) is 9.59 Å². The fraction of sp³-hybridized carbons (Fsp3) is 0.304. The fourth-order valence-electron chi connectivity index (χ4n) is 3.64. The second-order valence-corrected chi connectivity index (χ2v) is 7.26. The first-order chi connectivity index (χ1) is 16.0. The van der Waals surface area contributed by atoms with E-state index >= 15 is 0 Å². The van der Waals surface area contributed by atoms with Crippen molar-refractivity contribution < 1.29 is 28.5 Å². The number of carbonyl (C=O) groups is 2. The maximum absolute atomic E-state index is 12.6. The summed E-state index contributed by atoms with van der Waals surface area (Å²) in [5.41, 5.74) is 3.70. The van der Waals surface area contributed by atoms with Gasteiger partial charge in [0.25, 0.3) is 0 Å². The van der Waals surface area contributed by atoms with Crippen molar-refractivity contribution in [3.05, 3.63) is 53.2 Å². The van der Waals surface area contributed by atoms with Crippen LogP contribution in [0.15, 0.2) is 47.7 Å². The van der Waals surface area contributed by atoms with Gasteiger partial charge in [-0.2, -0.15) is 4.80 Å². The van der Waals surface area contributed by atoms with Crippen molar-refractivity contribution in [1.82, 2.24) is 15.0 Å². The smallest absolute Gasteiger partial charge is 0.355 e. The highest BCUT2D eigenvalue weighted by atomic mass is 16.5. The minimum Gasteiger partial charge on any atom is -0.494 e. The average molecular weight is 452 g/mol. The van der Waals surface area contributed by atoms with Crippen LogP contribution in [-0.2, 0) is 23.8 Å². The highest BCUT2D eigenvalue weighted by molar-refractivity contribution is 6.04. The number of hydrogen-bond donors (Lipinski definition) is 0. The topological polar surface area (TPSA) is 105 Å². The van der Waals surface area contributed by atoms with Crippen LogP contribution in [0, 0.1) is 6.92 Å². The van der Waals surface area contributed by atoms with E-state index in [-0.39, 0.29) is 24.6 Å². The molecular formula is C23H24N4O6. The zero-order valence-electron chi connectivity index (χ0n) is 18.8. The van der Waals surface area contributed by atoms with Gasteiger partial charge in [0, 0.05) is 5.69 Å². The van der Waals surface area contributed by atoms with Gasteiger partial charge in [0.15, 0.2) is 0 Å². The van der Waals surface area contributed by atoms with Crippen LogP contribution in [0.4, 0.5) is 5.69 Å². The SMILES string of the molecule is CCOc1ccc(-n2nc3cc(C)c(N4COCC(C(=O)OC)=C4C(=O)OC)cc3n2)cc1. The Hall–Kier alpha value is -3.92. The summed E-state index contributed by atoms with van der Waals surface area (Å²) in [4.78, 5) is 28.0. The molecule has 0 bridgehead atoms. The molecule has 3 aromatic rings. The van der Waals surface area contributed by atoms with Gasteiger partial charge in [-0.15, -0.1) is 10.2 Å². The first-order valence-corrected chi connectivity index (χ1v) is 10.3. The molecule has 1 aliphatic rings. The van der Waals surface area contributed by atoms with Crippen molar-refractivity contribution in [2.45, 2.75) is 13.8 Å². The lowest BCUT2D eigenvalue weighted by Crippen LogP contribution is -2.39. The van der Waals surface area contributed by atoms with Gasteiger partial charge in [-0.05, 0) is 55.8 Å². The number of aryl methyl sites for hydroxylation is 1. The number of benzene rings is 2. The summed E-state index contributed by atoms with van der Waals surface area (Å²) in [5, 5.41) is 9.16. The standard InChI is InChI=1S/C23H24N4O6/c1-5-33-16-8-6-15(7-9-16)27-24-18-10-14(2)20(11-19(18)25-27)26-13-32-12-17(22(28)30-3)21(26)23(29)31-4/h6-11H,5,12-13H2,1-4H3. The van der Waals surface area contributed by atoms with Crippen molar-refractivity contribution in [3.63, 3.8) is 0 Å². The number of esters is 2. The molecule has 0 saturated carbocycles. The maximum atomic E-state index is 12.6. The second kappa shape index (κ2) is 9.29. The van der Waals surface area contributed by atoms with Gasteiger partial charge in [-0.1, -0.05) is 0 Å². The summed E-state index contributed by atoms with van der Waals surface area (Å²) in [6.45, 7) is 4.41. The van der Waals surface area contributed by atoms with Crippen molar-refractivity contribution in [3.8, 4) is 11.4 Å². The molecular weight excluding hydrogens is 428 g/mol. The fourth-order valence-corrected chi connectivity index (χ4v) is 3.64. The van der Waals surface area contributed by atoms with Crippen LogP contribution < -0.4 is 9.64 Å². The van der Waals surface area contributed by atoms with E-state index in [1.807, 2.05) is 44.2 Å². The van der Waals surface area contributed by atoms with Crippen LogP contribution in [0.2, 0.25) is 0 Å². The first kappa shape index (κ1) is 22.3. The van der Waals surface area contributed by atoms with E-state index in [1.54, 1.807) is 11.0 Å². The van der Waals surface area contributed by atoms with Gasteiger partial charge in [0.05, 0.1) is 38.7 Å². The third-order valence-corrected chi connectivity index (χ3v) is 5.20. The number of hydrogen-bond acceptors (Lipinski definition) is 9. The summed E-state index contributed by atoms with van der Waals surface area (Å²) in [7, 11) is 2.51. The third kappa shape index (κ3) is 4.24. The Kier molecular flexibility index (Phi) is 6.27. The van der Waals surface area contributed by atoms with Crippen molar-refractivity contribution in [2.75, 3.05) is 39.1 Å². The largest absolute Gasteiger partial charge is 0.494 e. The van der Waals surface area contributed by atoms with Crippen molar-refractivity contribution in [1.29, 1.82) is 0 Å². The van der Waals surface area contributed by atoms with Gasteiger partial charge in [0.2, 0.25) is 0 Å². The number of anilines is 1. The molecule has 4 rings (SSSR count). The van der Waals surface area contributed by atoms with E-state index in [0.29, 0.717) is 23.3 Å². The highest BCUT2D eigenvalue weighted by Crippen LogP contribution is 2.32. The summed E-state index contributed by atoms with van der Waals surface area (Å²) in [5.74, 6) is -0.541. The summed E-state index contributed by atoms with van der Waals surface area (Å²) in [6, 6.07) is 11.1. The number of rotatable bonds is 6. The Morgan fingerprint density at radius 3 is 2.33 bits per heavy atom. The Balaban J connectivity index is 1.77. The number of nitrogens with zero attached hydrogens (tertiary/aromatic N) is 4. The van der Waals surface area contributed by atoms with E-state index < -0.39 is 11.9 Å². The molecule has 0 aliphatic carbocycles. The Bertz CT molecular complexity index is 1230. The van der Waals surface area contributed by atoms with E-state index in [2.05, 4.69) is 10.2 Å². The molecule has 10 nitrogen and oxygen atoms in total. The van der Waals surface area contributed by atoms with Gasteiger partial charge in [0.1, 0.15) is 29.2 Å². The minimum absolute atomic E-state index is 0.0528. The number of fused-ring (bicyclic) bond motifs is 1. The number of methoxy groups -OCH3 is 2. The predicted molar refractivity (Wildman–Crippen MR) is 119 cm³/mol. The molecule has 0 N–H and O–H groups in total. The lowest BCUT2D eigenvalue weighted by Gasteiger charge is -2.32. The Morgan fingerprint density at radius 1 is 1.03 bits per heavy atom. The van der Waals surface area contributed by atoms with Crippen LogP contribution in [-0.4, -0.2) is 61.1 Å².